The summed E-state index contributed by atoms with van der Waals surface area (Å²) in [5, 5.41) is 0.608. The molecule has 3 aliphatic heterocycles. The molecule has 1 spiro atoms. The van der Waals surface area contributed by atoms with Gasteiger partial charge in [-0.2, -0.15) is 0 Å². The topological polar surface area (TPSA) is 58.1 Å². The van der Waals surface area contributed by atoms with Gasteiger partial charge in [0, 0.05) is 54.9 Å². The average Bonchev–Trinajstić information content (AvgIpc) is 2.65. The third-order valence-corrected chi connectivity index (χ3v) is 5.90. The van der Waals surface area contributed by atoms with Gasteiger partial charge in [-0.25, -0.2) is 9.78 Å². The number of methoxy groups -OCH3 is 1. The number of nitrogens with zero attached hydrogens (tertiary/aromatic N) is 4. The predicted molar refractivity (Wildman–Crippen MR) is 107 cm³/mol. The summed E-state index contributed by atoms with van der Waals surface area (Å²) in [6.07, 6.45) is 1.76. The fraction of sp³-hybridized carbons (Fsp3) is 0.400. The zero-order valence-electron chi connectivity index (χ0n) is 15.6. The molecule has 2 aromatic rings. The fourth-order valence-corrected chi connectivity index (χ4v) is 4.45. The van der Waals surface area contributed by atoms with E-state index in [4.69, 9.17) is 21.1 Å². The quantitative estimate of drug-likeness (QED) is 0.775. The lowest BCUT2D eigenvalue weighted by Crippen LogP contribution is -2.74. The second-order valence-electron chi connectivity index (χ2n) is 7.66. The average molecular weight is 401 g/mol. The van der Waals surface area contributed by atoms with Crippen LogP contribution in [0.15, 0.2) is 36.5 Å². The maximum atomic E-state index is 13.0. The number of hydrogen-bond acceptors (Lipinski definition) is 5. The molecule has 1 aromatic carbocycles. The Labute approximate surface area is 168 Å². The molecule has 5 rings (SSSR count). The number of likely N-dealkylation sites (tertiary alicyclic amines) is 1. The van der Waals surface area contributed by atoms with E-state index in [1.165, 1.54) is 0 Å². The van der Waals surface area contributed by atoms with Crippen LogP contribution in [0.2, 0.25) is 5.02 Å². The van der Waals surface area contributed by atoms with Gasteiger partial charge in [0.15, 0.2) is 0 Å². The summed E-state index contributed by atoms with van der Waals surface area (Å²) in [6.45, 7) is 4.39. The highest BCUT2D eigenvalue weighted by atomic mass is 35.5. The first-order chi connectivity index (χ1) is 13.6. The molecule has 2 fully saturated rings. The molecule has 28 heavy (non-hydrogen) atoms. The first-order valence-corrected chi connectivity index (χ1v) is 9.69. The van der Waals surface area contributed by atoms with E-state index in [0.29, 0.717) is 23.9 Å². The molecule has 3 aliphatic rings. The van der Waals surface area contributed by atoms with Crippen molar-refractivity contribution in [2.45, 2.75) is 0 Å². The Kier molecular flexibility index (Phi) is 4.01. The van der Waals surface area contributed by atoms with Crippen molar-refractivity contribution < 1.29 is 14.3 Å². The minimum absolute atomic E-state index is 0.0375. The maximum Gasteiger partial charge on any atom is 0.324 e. The molecule has 1 aromatic heterocycles. The summed E-state index contributed by atoms with van der Waals surface area (Å²) in [5.41, 5.74) is 0.965. The van der Waals surface area contributed by atoms with Crippen LogP contribution < -0.4 is 19.3 Å². The van der Waals surface area contributed by atoms with Crippen molar-refractivity contribution in [2.75, 3.05) is 56.2 Å². The van der Waals surface area contributed by atoms with Crippen molar-refractivity contribution in [2.24, 2.45) is 5.41 Å². The monoisotopic (exact) mass is 400 g/mol. The molecule has 2 saturated heterocycles. The lowest BCUT2D eigenvalue weighted by Gasteiger charge is -2.60. The van der Waals surface area contributed by atoms with E-state index in [1.54, 1.807) is 30.3 Å². The highest BCUT2D eigenvalue weighted by Crippen LogP contribution is 2.43. The van der Waals surface area contributed by atoms with E-state index < -0.39 is 0 Å². The van der Waals surface area contributed by atoms with Crippen molar-refractivity contribution in [3.8, 4) is 11.5 Å². The molecule has 146 valence electrons. The summed E-state index contributed by atoms with van der Waals surface area (Å²) < 4.78 is 10.9. The summed E-state index contributed by atoms with van der Waals surface area (Å²) in [6, 6.07) is 9.23. The Hall–Kier alpha value is -2.67. The number of benzene rings is 1. The second-order valence-corrected chi connectivity index (χ2v) is 8.10. The van der Waals surface area contributed by atoms with Gasteiger partial charge >= 0.3 is 6.03 Å². The molecule has 0 N–H and O–H groups in total. The number of rotatable bonds is 2. The Morgan fingerprint density at radius 3 is 2.82 bits per heavy atom. The van der Waals surface area contributed by atoms with Crippen LogP contribution >= 0.6 is 11.6 Å². The number of anilines is 2. The van der Waals surface area contributed by atoms with Gasteiger partial charge < -0.3 is 19.3 Å². The van der Waals surface area contributed by atoms with Crippen molar-refractivity contribution in [3.63, 3.8) is 0 Å². The molecule has 0 bridgehead atoms. The highest BCUT2D eigenvalue weighted by Gasteiger charge is 2.54. The van der Waals surface area contributed by atoms with Gasteiger partial charge in [0.2, 0.25) is 0 Å². The van der Waals surface area contributed by atoms with E-state index >= 15 is 0 Å². The summed E-state index contributed by atoms with van der Waals surface area (Å²) in [4.78, 5) is 23.4. The number of hydrogen-bond donors (Lipinski definition) is 0. The number of carbonyl (C=O) groups excluding carboxylic acids is 1. The van der Waals surface area contributed by atoms with Gasteiger partial charge in [0.05, 0.1) is 19.3 Å². The number of amides is 2. The standard InChI is InChI=1S/C20H21ClN4O3/c1-27-15-4-5-22-18(9-15)23-10-20(11-23)12-24(13-20)19(26)25-6-7-28-17-8-14(21)2-3-16(17)25/h2-5,8-9H,6-7,10-13H2,1H3. The molecule has 4 heterocycles. The highest BCUT2D eigenvalue weighted by molar-refractivity contribution is 6.30. The van der Waals surface area contributed by atoms with Crippen LogP contribution in [0.4, 0.5) is 16.3 Å². The second kappa shape index (κ2) is 6.44. The molecular weight excluding hydrogens is 380 g/mol. The van der Waals surface area contributed by atoms with Crippen LogP contribution in [0.5, 0.6) is 11.5 Å². The molecule has 2 amide bonds. The molecule has 0 radical (unpaired) electrons. The number of ether oxygens (including phenoxy) is 2. The number of urea groups is 1. The number of fused-ring (bicyclic) bond motifs is 1. The van der Waals surface area contributed by atoms with Crippen molar-refractivity contribution in [3.05, 3.63) is 41.6 Å². The molecule has 8 heteroatoms. The van der Waals surface area contributed by atoms with Gasteiger partial charge in [-0.1, -0.05) is 11.6 Å². The third-order valence-electron chi connectivity index (χ3n) is 5.67. The summed E-state index contributed by atoms with van der Waals surface area (Å²) >= 11 is 6.04. The van der Waals surface area contributed by atoms with Crippen LogP contribution in [0.3, 0.4) is 0 Å². The minimum Gasteiger partial charge on any atom is -0.497 e. The third kappa shape index (κ3) is 2.81. The summed E-state index contributed by atoms with van der Waals surface area (Å²) in [5.74, 6) is 2.40. The number of aromatic nitrogens is 1. The largest absolute Gasteiger partial charge is 0.497 e. The zero-order chi connectivity index (χ0) is 19.3. The van der Waals surface area contributed by atoms with E-state index in [2.05, 4.69) is 9.88 Å². The lowest BCUT2D eigenvalue weighted by molar-refractivity contribution is 0.00927. The van der Waals surface area contributed by atoms with E-state index in [0.717, 1.165) is 43.4 Å². The zero-order valence-corrected chi connectivity index (χ0v) is 16.4. The summed E-state index contributed by atoms with van der Waals surface area (Å²) in [7, 11) is 1.66. The lowest BCUT2D eigenvalue weighted by atomic mass is 9.73. The van der Waals surface area contributed by atoms with Crippen LogP contribution in [0, 0.1) is 5.41 Å². The first kappa shape index (κ1) is 17.4. The van der Waals surface area contributed by atoms with Gasteiger partial charge in [-0.15, -0.1) is 0 Å². The number of carbonyl (C=O) groups is 1. The van der Waals surface area contributed by atoms with Crippen molar-refractivity contribution >= 4 is 29.1 Å². The Morgan fingerprint density at radius 1 is 1.21 bits per heavy atom. The first-order valence-electron chi connectivity index (χ1n) is 9.31. The van der Waals surface area contributed by atoms with Crippen LogP contribution in [0.25, 0.3) is 0 Å². The molecule has 0 saturated carbocycles. The van der Waals surface area contributed by atoms with Crippen LogP contribution in [-0.4, -0.2) is 62.4 Å². The molecular formula is C20H21ClN4O3. The SMILES string of the molecule is COc1ccnc(N2CC3(CN(C(=O)N4CCOc5cc(Cl)ccc54)C3)C2)c1. The van der Waals surface area contributed by atoms with Gasteiger partial charge in [-0.3, -0.25) is 4.90 Å². The molecule has 0 atom stereocenters. The maximum absolute atomic E-state index is 13.0. The molecule has 0 aliphatic carbocycles. The Balaban J connectivity index is 1.22. The number of pyridine rings is 1. The number of halogens is 1. The predicted octanol–water partition coefficient (Wildman–Crippen LogP) is 2.88. The van der Waals surface area contributed by atoms with Crippen molar-refractivity contribution in [1.82, 2.24) is 9.88 Å². The van der Waals surface area contributed by atoms with Crippen molar-refractivity contribution in [1.29, 1.82) is 0 Å². The normalized spacial score (nSPS) is 19.4. The Morgan fingerprint density at radius 2 is 2.04 bits per heavy atom. The van der Waals surface area contributed by atoms with Gasteiger partial charge in [-0.05, 0) is 18.2 Å². The van der Waals surface area contributed by atoms with E-state index in [1.807, 2.05) is 23.1 Å². The van der Waals surface area contributed by atoms with Gasteiger partial charge in [0.25, 0.3) is 0 Å². The van der Waals surface area contributed by atoms with Gasteiger partial charge in [0.1, 0.15) is 23.9 Å². The van der Waals surface area contributed by atoms with Crippen LogP contribution in [-0.2, 0) is 0 Å². The van der Waals surface area contributed by atoms with E-state index in [9.17, 15) is 4.79 Å². The minimum atomic E-state index is 0.0375. The van der Waals surface area contributed by atoms with E-state index in [-0.39, 0.29) is 11.4 Å². The fourth-order valence-electron chi connectivity index (χ4n) is 4.29. The smallest absolute Gasteiger partial charge is 0.324 e. The van der Waals surface area contributed by atoms with Crippen LogP contribution in [0.1, 0.15) is 0 Å². The Bertz CT molecular complexity index is 923. The molecule has 7 nitrogen and oxygen atoms in total. The molecule has 0 unspecified atom stereocenters.